The molecule has 176 valence electrons. The molecule has 11 heteroatoms. The van der Waals surface area contributed by atoms with Crippen LogP contribution in [0.5, 0.6) is 0 Å². The van der Waals surface area contributed by atoms with E-state index in [0.29, 0.717) is 30.2 Å². The minimum absolute atomic E-state index is 0.160. The zero-order valence-electron chi connectivity index (χ0n) is 18.0. The largest absolute Gasteiger partial charge is 0.462 e. The summed E-state index contributed by atoms with van der Waals surface area (Å²) in [6.07, 6.45) is -2.77. The van der Waals surface area contributed by atoms with Crippen molar-refractivity contribution in [3.63, 3.8) is 0 Å². The van der Waals surface area contributed by atoms with Gasteiger partial charge in [-0.25, -0.2) is 4.79 Å². The third-order valence-electron chi connectivity index (χ3n) is 5.12. The SMILES string of the molecule is CCOC(=O)c1c(C)[nH]c(C(=O)COC(=O)C2CCN(C=CC(=O)C(F)(F)F)CC2)c1C. The summed E-state index contributed by atoms with van der Waals surface area (Å²) >= 11 is 0. The first-order valence-corrected chi connectivity index (χ1v) is 10.0. The van der Waals surface area contributed by atoms with Crippen LogP contribution in [0.1, 0.15) is 51.9 Å². The van der Waals surface area contributed by atoms with Gasteiger partial charge in [0.2, 0.25) is 5.78 Å². The minimum atomic E-state index is -4.92. The lowest BCUT2D eigenvalue weighted by molar-refractivity contribution is -0.165. The average Bonchev–Trinajstić information content (AvgIpc) is 3.03. The van der Waals surface area contributed by atoms with Gasteiger partial charge < -0.3 is 19.4 Å². The molecule has 0 bridgehead atoms. The van der Waals surface area contributed by atoms with E-state index in [0.717, 1.165) is 6.20 Å². The molecule has 1 aromatic rings. The number of allylic oxidation sites excluding steroid dienone is 1. The van der Waals surface area contributed by atoms with Gasteiger partial charge in [0, 0.05) is 31.1 Å². The molecule has 1 aromatic heterocycles. The van der Waals surface area contributed by atoms with Crippen LogP contribution in [-0.4, -0.2) is 65.9 Å². The van der Waals surface area contributed by atoms with Gasteiger partial charge >= 0.3 is 18.1 Å². The molecule has 2 heterocycles. The maximum Gasteiger partial charge on any atom is 0.454 e. The van der Waals surface area contributed by atoms with Crippen LogP contribution in [0.3, 0.4) is 0 Å². The lowest BCUT2D eigenvalue weighted by Gasteiger charge is -2.29. The van der Waals surface area contributed by atoms with Crippen molar-refractivity contribution >= 4 is 23.5 Å². The van der Waals surface area contributed by atoms with E-state index in [9.17, 15) is 32.3 Å². The summed E-state index contributed by atoms with van der Waals surface area (Å²) in [6.45, 7) is 5.12. The molecule has 0 atom stereocenters. The van der Waals surface area contributed by atoms with E-state index < -0.39 is 42.2 Å². The average molecular weight is 458 g/mol. The quantitative estimate of drug-likeness (QED) is 0.363. The summed E-state index contributed by atoms with van der Waals surface area (Å²) in [6, 6.07) is 0. The first-order chi connectivity index (χ1) is 15.0. The molecule has 1 saturated heterocycles. The number of aromatic amines is 1. The number of hydrogen-bond acceptors (Lipinski definition) is 7. The van der Waals surface area contributed by atoms with Crippen LogP contribution in [0, 0.1) is 19.8 Å². The fourth-order valence-corrected chi connectivity index (χ4v) is 3.42. The number of carbonyl (C=O) groups excluding carboxylic acids is 4. The van der Waals surface area contributed by atoms with Crippen LogP contribution in [0.4, 0.5) is 13.2 Å². The Hall–Kier alpha value is -3.11. The van der Waals surface area contributed by atoms with Crippen molar-refractivity contribution in [1.29, 1.82) is 0 Å². The van der Waals surface area contributed by atoms with Gasteiger partial charge in [0.15, 0.2) is 6.61 Å². The number of esters is 2. The highest BCUT2D eigenvalue weighted by Crippen LogP contribution is 2.22. The molecule has 2 rings (SSSR count). The van der Waals surface area contributed by atoms with E-state index in [4.69, 9.17) is 9.47 Å². The molecular formula is C21H25F3N2O6. The van der Waals surface area contributed by atoms with Crippen LogP contribution >= 0.6 is 0 Å². The molecule has 0 aromatic carbocycles. The number of ketones is 2. The van der Waals surface area contributed by atoms with Crippen molar-refractivity contribution in [1.82, 2.24) is 9.88 Å². The summed E-state index contributed by atoms with van der Waals surface area (Å²) in [4.78, 5) is 52.0. The lowest BCUT2D eigenvalue weighted by Crippen LogP contribution is -2.34. The minimum Gasteiger partial charge on any atom is -0.462 e. The molecule has 0 unspecified atom stereocenters. The predicted octanol–water partition coefficient (Wildman–Crippen LogP) is 2.89. The number of nitrogens with zero attached hydrogens (tertiary/aromatic N) is 1. The smallest absolute Gasteiger partial charge is 0.454 e. The second-order valence-electron chi connectivity index (χ2n) is 7.36. The standard InChI is InChI=1S/C21H25F3N2O6/c1-4-31-20(30)17-12(2)18(25-13(17)3)15(27)11-32-19(29)14-5-8-26(9-6-14)10-7-16(28)21(22,23)24/h7,10,14,25H,4-6,8-9,11H2,1-3H3. The Kier molecular flexibility index (Phi) is 8.23. The van der Waals surface area contributed by atoms with E-state index in [1.165, 1.54) is 4.90 Å². The molecule has 1 N–H and O–H groups in total. The Morgan fingerprint density at radius 3 is 2.31 bits per heavy atom. The Bertz CT molecular complexity index is 911. The van der Waals surface area contributed by atoms with E-state index >= 15 is 0 Å². The predicted molar refractivity (Wildman–Crippen MR) is 106 cm³/mol. The third-order valence-corrected chi connectivity index (χ3v) is 5.12. The van der Waals surface area contributed by atoms with Crippen molar-refractivity contribution in [3.05, 3.63) is 34.8 Å². The van der Waals surface area contributed by atoms with Crippen molar-refractivity contribution in [3.8, 4) is 0 Å². The number of hydrogen-bond donors (Lipinski definition) is 1. The Morgan fingerprint density at radius 2 is 1.75 bits per heavy atom. The van der Waals surface area contributed by atoms with Crippen molar-refractivity contribution in [2.45, 2.75) is 39.8 Å². The van der Waals surface area contributed by atoms with Crippen molar-refractivity contribution in [2.75, 3.05) is 26.3 Å². The second-order valence-corrected chi connectivity index (χ2v) is 7.36. The summed E-state index contributed by atoms with van der Waals surface area (Å²) in [5.41, 5.74) is 1.31. The summed E-state index contributed by atoms with van der Waals surface area (Å²) < 4.78 is 46.8. The van der Waals surface area contributed by atoms with Crippen LogP contribution < -0.4 is 0 Å². The van der Waals surface area contributed by atoms with Gasteiger partial charge in [-0.15, -0.1) is 0 Å². The number of aromatic nitrogens is 1. The Labute approximate surface area is 182 Å². The molecule has 0 saturated carbocycles. The number of piperidine rings is 1. The maximum atomic E-state index is 12.5. The third kappa shape index (κ3) is 6.21. The number of rotatable bonds is 8. The molecule has 8 nitrogen and oxygen atoms in total. The van der Waals surface area contributed by atoms with E-state index in [-0.39, 0.29) is 31.0 Å². The highest BCUT2D eigenvalue weighted by atomic mass is 19.4. The van der Waals surface area contributed by atoms with Crippen molar-refractivity contribution in [2.24, 2.45) is 5.92 Å². The Balaban J connectivity index is 1.87. The van der Waals surface area contributed by atoms with Gasteiger partial charge in [-0.1, -0.05) is 0 Å². The number of carbonyl (C=O) groups is 4. The number of Topliss-reactive ketones (excluding diaryl/α,β-unsaturated/α-hetero) is 1. The highest BCUT2D eigenvalue weighted by Gasteiger charge is 2.36. The number of nitrogens with one attached hydrogen (secondary N) is 1. The van der Waals surface area contributed by atoms with Gasteiger partial charge in [-0.3, -0.25) is 14.4 Å². The van der Waals surface area contributed by atoms with Crippen molar-refractivity contribution < 1.29 is 41.8 Å². The van der Waals surface area contributed by atoms with Gasteiger partial charge in [0.1, 0.15) is 0 Å². The Morgan fingerprint density at radius 1 is 1.12 bits per heavy atom. The van der Waals surface area contributed by atoms with E-state index in [1.54, 1.807) is 20.8 Å². The van der Waals surface area contributed by atoms with E-state index in [1.807, 2.05) is 0 Å². The number of H-pyrrole nitrogens is 1. The first-order valence-electron chi connectivity index (χ1n) is 10.0. The first kappa shape index (κ1) is 25.2. The van der Waals surface area contributed by atoms with Crippen LogP contribution in [0.2, 0.25) is 0 Å². The normalized spacial score (nSPS) is 15.1. The van der Waals surface area contributed by atoms with Crippen LogP contribution in [0.15, 0.2) is 12.3 Å². The highest BCUT2D eigenvalue weighted by molar-refractivity contribution is 6.02. The zero-order valence-corrected chi connectivity index (χ0v) is 18.0. The molecule has 1 aliphatic heterocycles. The van der Waals surface area contributed by atoms with Crippen LogP contribution in [0.25, 0.3) is 0 Å². The molecule has 32 heavy (non-hydrogen) atoms. The van der Waals surface area contributed by atoms with Gasteiger partial charge in [0.25, 0.3) is 5.78 Å². The molecule has 0 amide bonds. The monoisotopic (exact) mass is 458 g/mol. The number of aryl methyl sites for hydroxylation is 1. The molecule has 1 fully saturated rings. The molecule has 1 aliphatic rings. The lowest BCUT2D eigenvalue weighted by atomic mass is 9.97. The molecule has 0 spiro atoms. The molecule has 0 radical (unpaired) electrons. The fraction of sp³-hybridized carbons (Fsp3) is 0.524. The number of likely N-dealkylation sites (tertiary alicyclic amines) is 1. The summed E-state index contributed by atoms with van der Waals surface area (Å²) in [7, 11) is 0. The maximum absolute atomic E-state index is 12.5. The second kappa shape index (κ2) is 10.5. The topological polar surface area (TPSA) is 106 Å². The fourth-order valence-electron chi connectivity index (χ4n) is 3.42. The van der Waals surface area contributed by atoms with Gasteiger partial charge in [-0.2, -0.15) is 13.2 Å². The molecular weight excluding hydrogens is 433 g/mol. The molecule has 0 aliphatic carbocycles. The summed E-state index contributed by atoms with van der Waals surface area (Å²) in [5.74, 6) is -4.08. The zero-order chi connectivity index (χ0) is 24.1. The summed E-state index contributed by atoms with van der Waals surface area (Å²) in [5, 5.41) is 0. The van der Waals surface area contributed by atoms with Crippen LogP contribution in [-0.2, 0) is 19.1 Å². The van der Waals surface area contributed by atoms with Gasteiger partial charge in [0.05, 0.1) is 23.8 Å². The van der Waals surface area contributed by atoms with Gasteiger partial charge in [-0.05, 0) is 39.2 Å². The number of alkyl halides is 3. The number of ether oxygens (including phenoxy) is 2. The van der Waals surface area contributed by atoms with E-state index in [2.05, 4.69) is 4.98 Å². The number of halogens is 3.